The Bertz CT molecular complexity index is 420. The molecule has 1 amide bonds. The number of hydrogen-bond acceptors (Lipinski definition) is 3. The number of nitrogens with one attached hydrogen (secondary N) is 1. The van der Waals surface area contributed by atoms with E-state index in [-0.39, 0.29) is 11.3 Å². The molecule has 4 nitrogen and oxygen atoms in total. The normalized spacial score (nSPS) is 12.9. The summed E-state index contributed by atoms with van der Waals surface area (Å²) in [6.07, 6.45) is -7.34. The molecule has 7 heteroatoms. The quantitative estimate of drug-likeness (QED) is 0.862. The molecule has 1 rings (SSSR count). The van der Waals surface area contributed by atoms with Crippen molar-refractivity contribution in [1.29, 1.82) is 0 Å². The monoisotopic (exact) mass is 263 g/mol. The number of para-hydroxylation sites is 1. The second-order valence-electron chi connectivity index (χ2n) is 3.47. The summed E-state index contributed by atoms with van der Waals surface area (Å²) in [7, 11) is 1.34. The number of carbonyl (C=O) groups is 1. The highest BCUT2D eigenvalue weighted by Crippen LogP contribution is 2.20. The molecule has 0 fully saturated rings. The number of ether oxygens (including phenoxy) is 1. The first-order valence-corrected chi connectivity index (χ1v) is 5.02. The second-order valence-corrected chi connectivity index (χ2v) is 3.47. The number of aliphatic hydroxyl groups excluding tert-OH is 1. The zero-order chi connectivity index (χ0) is 13.8. The third kappa shape index (κ3) is 3.63. The zero-order valence-corrected chi connectivity index (χ0v) is 9.49. The zero-order valence-electron chi connectivity index (χ0n) is 9.49. The number of alkyl halides is 3. The van der Waals surface area contributed by atoms with E-state index in [1.165, 1.54) is 19.2 Å². The number of benzene rings is 1. The van der Waals surface area contributed by atoms with Crippen LogP contribution in [0.3, 0.4) is 0 Å². The summed E-state index contributed by atoms with van der Waals surface area (Å²) in [6.45, 7) is -0.902. The summed E-state index contributed by atoms with van der Waals surface area (Å²) in [6, 6.07) is 6.10. The minimum absolute atomic E-state index is 0.106. The van der Waals surface area contributed by atoms with Crippen LogP contribution < -0.4 is 10.1 Å². The number of halogens is 3. The molecule has 0 aromatic heterocycles. The lowest BCUT2D eigenvalue weighted by Crippen LogP contribution is -2.40. The smallest absolute Gasteiger partial charge is 0.416 e. The number of rotatable bonds is 4. The largest absolute Gasteiger partial charge is 0.496 e. The third-order valence-electron chi connectivity index (χ3n) is 2.19. The molecule has 18 heavy (non-hydrogen) atoms. The Hall–Kier alpha value is -1.76. The van der Waals surface area contributed by atoms with Crippen LogP contribution in [0.5, 0.6) is 5.75 Å². The van der Waals surface area contributed by atoms with Crippen molar-refractivity contribution < 1.29 is 27.8 Å². The maximum atomic E-state index is 12.0. The van der Waals surface area contributed by atoms with E-state index in [0.29, 0.717) is 0 Å². The van der Waals surface area contributed by atoms with Crippen LogP contribution in [-0.2, 0) is 0 Å². The predicted molar refractivity (Wildman–Crippen MR) is 57.4 cm³/mol. The van der Waals surface area contributed by atoms with Crippen molar-refractivity contribution in [2.45, 2.75) is 12.3 Å². The van der Waals surface area contributed by atoms with Gasteiger partial charge in [-0.15, -0.1) is 0 Å². The van der Waals surface area contributed by atoms with Crippen LogP contribution in [0.25, 0.3) is 0 Å². The number of aliphatic hydroxyl groups is 1. The van der Waals surface area contributed by atoms with E-state index >= 15 is 0 Å². The van der Waals surface area contributed by atoms with Gasteiger partial charge in [-0.2, -0.15) is 13.2 Å². The minimum atomic E-state index is -4.76. The molecule has 0 aliphatic heterocycles. The molecule has 2 N–H and O–H groups in total. The number of amides is 1. The van der Waals surface area contributed by atoms with Crippen molar-refractivity contribution in [3.8, 4) is 5.75 Å². The summed E-state index contributed by atoms with van der Waals surface area (Å²) in [5.41, 5.74) is 0.106. The lowest BCUT2D eigenvalue weighted by atomic mass is 10.2. The van der Waals surface area contributed by atoms with E-state index in [0.717, 1.165) is 0 Å². The average molecular weight is 263 g/mol. The summed E-state index contributed by atoms with van der Waals surface area (Å²) < 4.78 is 41.0. The summed E-state index contributed by atoms with van der Waals surface area (Å²) in [5, 5.41) is 10.7. The molecule has 0 saturated carbocycles. The SMILES string of the molecule is COc1ccccc1C(=O)NCC(O)C(F)(F)F. The van der Waals surface area contributed by atoms with Crippen molar-refractivity contribution >= 4 is 5.91 Å². The van der Waals surface area contributed by atoms with Gasteiger partial charge in [0, 0.05) is 0 Å². The Labute approximate surface area is 101 Å². The van der Waals surface area contributed by atoms with Crippen LogP contribution in [0.2, 0.25) is 0 Å². The van der Waals surface area contributed by atoms with Crippen molar-refractivity contribution in [2.24, 2.45) is 0 Å². The number of methoxy groups -OCH3 is 1. The fourth-order valence-electron chi connectivity index (χ4n) is 1.23. The van der Waals surface area contributed by atoms with Crippen LogP contribution in [0.4, 0.5) is 13.2 Å². The average Bonchev–Trinajstić information content (AvgIpc) is 2.34. The number of carbonyl (C=O) groups excluding carboxylic acids is 1. The molecule has 0 aliphatic rings. The highest BCUT2D eigenvalue weighted by molar-refractivity contribution is 5.96. The molecule has 0 bridgehead atoms. The highest BCUT2D eigenvalue weighted by atomic mass is 19.4. The molecule has 1 atom stereocenters. The molecule has 0 spiro atoms. The van der Waals surface area contributed by atoms with Gasteiger partial charge in [0.1, 0.15) is 5.75 Å². The Balaban J connectivity index is 2.66. The molecule has 1 unspecified atom stereocenters. The third-order valence-corrected chi connectivity index (χ3v) is 2.19. The first-order chi connectivity index (χ1) is 8.36. The Morgan fingerprint density at radius 2 is 2.06 bits per heavy atom. The van der Waals surface area contributed by atoms with Crippen molar-refractivity contribution in [3.63, 3.8) is 0 Å². The van der Waals surface area contributed by atoms with Gasteiger partial charge in [-0.05, 0) is 12.1 Å². The van der Waals surface area contributed by atoms with E-state index in [4.69, 9.17) is 9.84 Å². The maximum absolute atomic E-state index is 12.0. The van der Waals surface area contributed by atoms with E-state index < -0.39 is 24.7 Å². The second kappa shape index (κ2) is 5.72. The first-order valence-electron chi connectivity index (χ1n) is 5.02. The van der Waals surface area contributed by atoms with Gasteiger partial charge in [0.05, 0.1) is 19.2 Å². The minimum Gasteiger partial charge on any atom is -0.496 e. The Morgan fingerprint density at radius 3 is 2.61 bits per heavy atom. The van der Waals surface area contributed by atoms with Gasteiger partial charge in [0.15, 0.2) is 6.10 Å². The summed E-state index contributed by atoms with van der Waals surface area (Å²) in [4.78, 5) is 11.6. The molecule has 0 aliphatic carbocycles. The predicted octanol–water partition coefficient (Wildman–Crippen LogP) is 1.35. The molecular formula is C11H12F3NO3. The van der Waals surface area contributed by atoms with Crippen molar-refractivity contribution in [2.75, 3.05) is 13.7 Å². The fourth-order valence-corrected chi connectivity index (χ4v) is 1.23. The maximum Gasteiger partial charge on any atom is 0.416 e. The summed E-state index contributed by atoms with van der Waals surface area (Å²) in [5.74, 6) is -0.493. The number of hydrogen-bond donors (Lipinski definition) is 2. The van der Waals surface area contributed by atoms with Gasteiger partial charge < -0.3 is 15.2 Å². The standard InChI is InChI=1S/C11H12F3NO3/c1-18-8-5-3-2-4-7(8)10(17)15-6-9(16)11(12,13)14/h2-5,9,16H,6H2,1H3,(H,15,17). The lowest BCUT2D eigenvalue weighted by Gasteiger charge is -2.15. The molecule has 0 heterocycles. The van der Waals surface area contributed by atoms with Crippen LogP contribution in [0.15, 0.2) is 24.3 Å². The molecule has 0 radical (unpaired) electrons. The molecule has 100 valence electrons. The van der Waals surface area contributed by atoms with Gasteiger partial charge in [-0.3, -0.25) is 4.79 Å². The van der Waals surface area contributed by atoms with Crippen LogP contribution in [0, 0.1) is 0 Å². The Kier molecular flexibility index (Phi) is 4.55. The van der Waals surface area contributed by atoms with Crippen LogP contribution in [0.1, 0.15) is 10.4 Å². The summed E-state index contributed by atoms with van der Waals surface area (Å²) >= 11 is 0. The van der Waals surface area contributed by atoms with Gasteiger partial charge in [-0.25, -0.2) is 0 Å². The van der Waals surface area contributed by atoms with E-state index in [1.807, 2.05) is 5.32 Å². The molecular weight excluding hydrogens is 251 g/mol. The van der Waals surface area contributed by atoms with E-state index in [2.05, 4.69) is 0 Å². The van der Waals surface area contributed by atoms with Crippen LogP contribution in [-0.4, -0.2) is 36.9 Å². The lowest BCUT2D eigenvalue weighted by molar-refractivity contribution is -0.201. The van der Waals surface area contributed by atoms with Crippen LogP contribution >= 0.6 is 0 Å². The van der Waals surface area contributed by atoms with E-state index in [9.17, 15) is 18.0 Å². The molecule has 1 aromatic rings. The van der Waals surface area contributed by atoms with Gasteiger partial charge >= 0.3 is 6.18 Å². The van der Waals surface area contributed by atoms with Gasteiger partial charge in [-0.1, -0.05) is 12.1 Å². The Morgan fingerprint density at radius 1 is 1.44 bits per heavy atom. The van der Waals surface area contributed by atoms with Crippen molar-refractivity contribution in [1.82, 2.24) is 5.32 Å². The van der Waals surface area contributed by atoms with Crippen molar-refractivity contribution in [3.05, 3.63) is 29.8 Å². The molecule has 1 aromatic carbocycles. The van der Waals surface area contributed by atoms with Gasteiger partial charge in [0.2, 0.25) is 0 Å². The fraction of sp³-hybridized carbons (Fsp3) is 0.364. The molecule has 0 saturated heterocycles. The first kappa shape index (κ1) is 14.3. The highest BCUT2D eigenvalue weighted by Gasteiger charge is 2.38. The van der Waals surface area contributed by atoms with Gasteiger partial charge in [0.25, 0.3) is 5.91 Å². The topological polar surface area (TPSA) is 58.6 Å². The van der Waals surface area contributed by atoms with E-state index in [1.54, 1.807) is 12.1 Å².